The second-order valence-electron chi connectivity index (χ2n) is 3.46. The maximum absolute atomic E-state index is 3.75. The number of hydrogen-bond donors (Lipinski definition) is 0. The Kier molecular flexibility index (Phi) is 1.65. The molecule has 0 nitrogen and oxygen atoms in total. The standard InChI is InChI=1S/C9H16/c1-4-6-9(3)7-8(9)5-2/h4,8H,1,5-7H2,2-3H3. The Morgan fingerprint density at radius 3 is 2.78 bits per heavy atom. The van der Waals surface area contributed by atoms with Crippen LogP contribution in [0.2, 0.25) is 0 Å². The van der Waals surface area contributed by atoms with E-state index in [0.29, 0.717) is 5.41 Å². The van der Waals surface area contributed by atoms with Crippen LogP contribution in [-0.2, 0) is 0 Å². The van der Waals surface area contributed by atoms with Gasteiger partial charge in [-0.05, 0) is 24.2 Å². The van der Waals surface area contributed by atoms with Crippen molar-refractivity contribution in [3.8, 4) is 0 Å². The van der Waals surface area contributed by atoms with E-state index in [-0.39, 0.29) is 0 Å². The predicted octanol–water partition coefficient (Wildman–Crippen LogP) is 3.00. The molecular formula is C9H16. The molecule has 1 fully saturated rings. The maximum atomic E-state index is 3.75. The van der Waals surface area contributed by atoms with E-state index in [1.807, 2.05) is 0 Å². The fraction of sp³-hybridized carbons (Fsp3) is 0.778. The summed E-state index contributed by atoms with van der Waals surface area (Å²) in [6.07, 6.45) is 6.04. The highest BCUT2D eigenvalue weighted by Crippen LogP contribution is 2.56. The SMILES string of the molecule is C=CCC1(C)CC1CC. The minimum Gasteiger partial charge on any atom is -0.103 e. The first kappa shape index (κ1) is 6.85. The first-order valence-electron chi connectivity index (χ1n) is 3.84. The molecule has 0 bridgehead atoms. The molecule has 0 aromatic heterocycles. The van der Waals surface area contributed by atoms with Crippen LogP contribution >= 0.6 is 0 Å². The topological polar surface area (TPSA) is 0 Å². The van der Waals surface area contributed by atoms with E-state index < -0.39 is 0 Å². The molecule has 0 amide bonds. The first-order chi connectivity index (χ1) is 4.23. The van der Waals surface area contributed by atoms with Gasteiger partial charge < -0.3 is 0 Å². The van der Waals surface area contributed by atoms with Crippen LogP contribution in [0.1, 0.15) is 33.1 Å². The van der Waals surface area contributed by atoms with Crippen molar-refractivity contribution < 1.29 is 0 Å². The van der Waals surface area contributed by atoms with Gasteiger partial charge in [0.25, 0.3) is 0 Å². The summed E-state index contributed by atoms with van der Waals surface area (Å²) in [5.41, 5.74) is 0.649. The summed E-state index contributed by atoms with van der Waals surface area (Å²) in [5.74, 6) is 0.996. The smallest absolute Gasteiger partial charge is 0.0260 e. The lowest BCUT2D eigenvalue weighted by Gasteiger charge is -2.04. The van der Waals surface area contributed by atoms with E-state index in [9.17, 15) is 0 Å². The van der Waals surface area contributed by atoms with Crippen LogP contribution in [0, 0.1) is 11.3 Å². The lowest BCUT2D eigenvalue weighted by Crippen LogP contribution is -1.93. The van der Waals surface area contributed by atoms with E-state index in [0.717, 1.165) is 5.92 Å². The summed E-state index contributed by atoms with van der Waals surface area (Å²) in [4.78, 5) is 0. The van der Waals surface area contributed by atoms with Crippen molar-refractivity contribution in [3.63, 3.8) is 0 Å². The molecule has 1 saturated carbocycles. The van der Waals surface area contributed by atoms with Gasteiger partial charge in [-0.3, -0.25) is 0 Å². The molecule has 2 atom stereocenters. The minimum atomic E-state index is 0.649. The van der Waals surface area contributed by atoms with Gasteiger partial charge in [0.15, 0.2) is 0 Å². The lowest BCUT2D eigenvalue weighted by atomic mass is 10.0. The number of hydrogen-bond acceptors (Lipinski definition) is 0. The monoisotopic (exact) mass is 124 g/mol. The molecule has 0 heteroatoms. The van der Waals surface area contributed by atoms with Crippen LogP contribution in [0.25, 0.3) is 0 Å². The summed E-state index contributed by atoms with van der Waals surface area (Å²) < 4.78 is 0. The lowest BCUT2D eigenvalue weighted by molar-refractivity contribution is 0.502. The third kappa shape index (κ3) is 1.17. The van der Waals surface area contributed by atoms with Crippen molar-refractivity contribution in [2.45, 2.75) is 33.1 Å². The first-order valence-corrected chi connectivity index (χ1v) is 3.84. The number of rotatable bonds is 3. The van der Waals surface area contributed by atoms with E-state index >= 15 is 0 Å². The molecule has 1 aliphatic carbocycles. The molecule has 9 heavy (non-hydrogen) atoms. The molecule has 0 spiro atoms. The summed E-state index contributed by atoms with van der Waals surface area (Å²) in [5, 5.41) is 0. The largest absolute Gasteiger partial charge is 0.103 e. The van der Waals surface area contributed by atoms with Gasteiger partial charge in [0.2, 0.25) is 0 Å². The molecule has 0 heterocycles. The van der Waals surface area contributed by atoms with Crippen molar-refractivity contribution in [2.75, 3.05) is 0 Å². The number of allylic oxidation sites excluding steroid dienone is 1. The molecule has 0 aromatic carbocycles. The van der Waals surface area contributed by atoms with E-state index in [2.05, 4.69) is 26.5 Å². The molecule has 52 valence electrons. The minimum absolute atomic E-state index is 0.649. The Bertz CT molecular complexity index is 115. The zero-order valence-electron chi connectivity index (χ0n) is 6.48. The molecule has 0 aliphatic heterocycles. The van der Waals surface area contributed by atoms with Crippen LogP contribution in [0.3, 0.4) is 0 Å². The van der Waals surface area contributed by atoms with Crippen molar-refractivity contribution in [1.29, 1.82) is 0 Å². The third-order valence-electron chi connectivity index (χ3n) is 2.64. The highest BCUT2D eigenvalue weighted by molar-refractivity contribution is 5.01. The van der Waals surface area contributed by atoms with E-state index in [1.54, 1.807) is 0 Å². The molecule has 1 rings (SSSR count). The molecule has 0 N–H and O–H groups in total. The molecule has 0 saturated heterocycles. The fourth-order valence-corrected chi connectivity index (χ4v) is 1.72. The van der Waals surface area contributed by atoms with Gasteiger partial charge in [-0.25, -0.2) is 0 Å². The maximum Gasteiger partial charge on any atom is -0.0260 e. The summed E-state index contributed by atoms with van der Waals surface area (Å²) >= 11 is 0. The average Bonchev–Trinajstić information content (AvgIpc) is 2.43. The quantitative estimate of drug-likeness (QED) is 0.507. The van der Waals surface area contributed by atoms with Gasteiger partial charge in [0.05, 0.1) is 0 Å². The Balaban J connectivity index is 2.32. The molecule has 0 radical (unpaired) electrons. The molecular weight excluding hydrogens is 108 g/mol. The predicted molar refractivity (Wildman–Crippen MR) is 41.3 cm³/mol. The molecule has 2 unspecified atom stereocenters. The van der Waals surface area contributed by atoms with Gasteiger partial charge in [0.1, 0.15) is 0 Å². The van der Waals surface area contributed by atoms with Crippen molar-refractivity contribution in [3.05, 3.63) is 12.7 Å². The normalized spacial score (nSPS) is 40.4. The van der Waals surface area contributed by atoms with Gasteiger partial charge in [0, 0.05) is 0 Å². The zero-order chi connectivity index (χ0) is 6.91. The second kappa shape index (κ2) is 2.17. The van der Waals surface area contributed by atoms with Crippen molar-refractivity contribution >= 4 is 0 Å². The van der Waals surface area contributed by atoms with Crippen molar-refractivity contribution in [2.24, 2.45) is 11.3 Å². The average molecular weight is 124 g/mol. The van der Waals surface area contributed by atoms with Gasteiger partial charge in [-0.2, -0.15) is 0 Å². The third-order valence-corrected chi connectivity index (χ3v) is 2.64. The van der Waals surface area contributed by atoms with Gasteiger partial charge in [-0.15, -0.1) is 6.58 Å². The van der Waals surface area contributed by atoms with Crippen LogP contribution in [0.4, 0.5) is 0 Å². The zero-order valence-corrected chi connectivity index (χ0v) is 6.48. The Morgan fingerprint density at radius 1 is 1.78 bits per heavy atom. The highest BCUT2D eigenvalue weighted by atomic mass is 14.5. The molecule has 1 aliphatic rings. The summed E-state index contributed by atoms with van der Waals surface area (Å²) in [7, 11) is 0. The van der Waals surface area contributed by atoms with E-state index in [1.165, 1.54) is 19.3 Å². The second-order valence-corrected chi connectivity index (χ2v) is 3.46. The van der Waals surface area contributed by atoms with Gasteiger partial charge in [-0.1, -0.05) is 26.3 Å². The van der Waals surface area contributed by atoms with Crippen LogP contribution in [0.5, 0.6) is 0 Å². The Hall–Kier alpha value is -0.260. The summed E-state index contributed by atoms with van der Waals surface area (Å²) in [6.45, 7) is 8.40. The van der Waals surface area contributed by atoms with E-state index in [4.69, 9.17) is 0 Å². The van der Waals surface area contributed by atoms with Crippen LogP contribution in [0.15, 0.2) is 12.7 Å². The van der Waals surface area contributed by atoms with Crippen LogP contribution < -0.4 is 0 Å². The molecule has 0 aromatic rings. The van der Waals surface area contributed by atoms with Crippen molar-refractivity contribution in [1.82, 2.24) is 0 Å². The van der Waals surface area contributed by atoms with Crippen LogP contribution in [-0.4, -0.2) is 0 Å². The highest BCUT2D eigenvalue weighted by Gasteiger charge is 2.46. The summed E-state index contributed by atoms with van der Waals surface area (Å²) in [6, 6.07) is 0. The Labute approximate surface area is 58.0 Å². The Morgan fingerprint density at radius 2 is 2.44 bits per heavy atom. The fourth-order valence-electron chi connectivity index (χ4n) is 1.72. The van der Waals surface area contributed by atoms with Gasteiger partial charge >= 0.3 is 0 Å².